The molecule has 0 aliphatic carbocycles. The molecule has 2 aromatic rings. The largest absolute Gasteiger partial charge is 0.420 e. The molecule has 2 N–H and O–H groups in total. The van der Waals surface area contributed by atoms with E-state index in [9.17, 15) is 26.4 Å². The number of sulfonamides is 1. The molecule has 0 spiro atoms. The molecule has 0 bridgehead atoms. The smallest absolute Gasteiger partial charge is 0.351 e. The van der Waals surface area contributed by atoms with E-state index >= 15 is 0 Å². The monoisotopic (exact) mass is 461 g/mol. The van der Waals surface area contributed by atoms with Gasteiger partial charge in [0.25, 0.3) is 5.91 Å². The average molecular weight is 461 g/mol. The van der Waals surface area contributed by atoms with Gasteiger partial charge in [-0.25, -0.2) is 22.7 Å². The highest BCUT2D eigenvalue weighted by atomic mass is 32.2. The third-order valence-corrected chi connectivity index (χ3v) is 7.49. The molecule has 2 aromatic heterocycles. The number of amides is 1. The second kappa shape index (κ2) is 7.46. The third kappa shape index (κ3) is 4.14. The van der Waals surface area contributed by atoms with Crippen molar-refractivity contribution in [3.8, 4) is 10.6 Å². The van der Waals surface area contributed by atoms with Gasteiger partial charge in [0.15, 0.2) is 0 Å². The van der Waals surface area contributed by atoms with Gasteiger partial charge in [-0.15, -0.1) is 11.3 Å². The quantitative estimate of drug-likeness (QED) is 0.724. The van der Waals surface area contributed by atoms with Crippen molar-refractivity contribution in [2.75, 3.05) is 24.7 Å². The van der Waals surface area contributed by atoms with Crippen LogP contribution in [-0.2, 0) is 22.7 Å². The van der Waals surface area contributed by atoms with Crippen LogP contribution in [0.4, 0.5) is 19.1 Å². The topological polar surface area (TPSA) is 104 Å². The molecule has 0 atom stereocenters. The number of alkyl halides is 3. The lowest BCUT2D eigenvalue weighted by atomic mass is 10.1. The van der Waals surface area contributed by atoms with Gasteiger partial charge in [-0.3, -0.25) is 4.79 Å². The SMILES string of the molecule is CS(=O)(=O)N1CCC(Nc2ncc(C(F)(F)F)c(-c3cc4c(s3)CNC4=O)n2)CC1. The van der Waals surface area contributed by atoms with Crippen molar-refractivity contribution in [2.45, 2.75) is 31.6 Å². The van der Waals surface area contributed by atoms with E-state index in [-0.39, 0.29) is 35.0 Å². The van der Waals surface area contributed by atoms with Gasteiger partial charge in [0.2, 0.25) is 16.0 Å². The summed E-state index contributed by atoms with van der Waals surface area (Å²) in [5.41, 5.74) is -0.884. The second-order valence-corrected chi connectivity index (χ2v) is 10.3. The Bertz CT molecular complexity index is 1090. The molecular weight excluding hydrogens is 443 g/mol. The predicted octanol–water partition coefficient (Wildman–Crippen LogP) is 2.30. The minimum absolute atomic E-state index is 0.0359. The number of piperidine rings is 1. The van der Waals surface area contributed by atoms with Gasteiger partial charge in [-0.2, -0.15) is 13.2 Å². The number of hydrogen-bond acceptors (Lipinski definition) is 7. The summed E-state index contributed by atoms with van der Waals surface area (Å²) in [6.07, 6.45) is -1.79. The van der Waals surface area contributed by atoms with Crippen molar-refractivity contribution < 1.29 is 26.4 Å². The molecule has 30 heavy (non-hydrogen) atoms. The van der Waals surface area contributed by atoms with Crippen LogP contribution in [0, 0.1) is 0 Å². The fourth-order valence-corrected chi connectivity index (χ4v) is 5.46. The first-order chi connectivity index (χ1) is 14.0. The number of aromatic nitrogens is 2. The molecule has 0 saturated carbocycles. The summed E-state index contributed by atoms with van der Waals surface area (Å²) in [5, 5.41) is 5.64. The van der Waals surface area contributed by atoms with E-state index in [1.807, 2.05) is 0 Å². The molecule has 162 valence electrons. The molecule has 4 heterocycles. The van der Waals surface area contributed by atoms with E-state index in [0.29, 0.717) is 36.4 Å². The Balaban J connectivity index is 1.60. The third-order valence-electron chi connectivity index (χ3n) is 5.05. The predicted molar refractivity (Wildman–Crippen MR) is 105 cm³/mol. The van der Waals surface area contributed by atoms with Gasteiger partial charge in [-0.05, 0) is 18.9 Å². The van der Waals surface area contributed by atoms with Crippen molar-refractivity contribution >= 4 is 33.2 Å². The Hall–Kier alpha value is -2.25. The van der Waals surface area contributed by atoms with Gasteiger partial charge in [-0.1, -0.05) is 0 Å². The fourth-order valence-electron chi connectivity index (χ4n) is 3.49. The normalized spacial score (nSPS) is 18.3. The zero-order chi connectivity index (χ0) is 21.7. The standard InChI is InChI=1S/C17H18F3N5O3S2/c1-30(27,28)25-4-2-9(3-5-25)23-16-22-7-11(17(18,19)20)14(24-16)12-6-10-13(29-12)8-21-15(10)26/h6-7,9H,2-5,8H2,1H3,(H,21,26)(H,22,23,24). The minimum Gasteiger partial charge on any atom is -0.351 e. The molecule has 0 radical (unpaired) electrons. The Kier molecular flexibility index (Phi) is 5.22. The Morgan fingerprint density at radius 3 is 2.60 bits per heavy atom. The highest BCUT2D eigenvalue weighted by Crippen LogP contribution is 2.40. The first-order valence-electron chi connectivity index (χ1n) is 9.09. The Labute approximate surface area is 174 Å². The molecule has 13 heteroatoms. The van der Waals surface area contributed by atoms with Crippen LogP contribution in [0.1, 0.15) is 33.6 Å². The van der Waals surface area contributed by atoms with E-state index < -0.39 is 21.8 Å². The lowest BCUT2D eigenvalue weighted by Crippen LogP contribution is -2.42. The molecule has 0 aromatic carbocycles. The van der Waals surface area contributed by atoms with E-state index in [4.69, 9.17) is 0 Å². The number of thiophene rings is 1. The summed E-state index contributed by atoms with van der Waals surface area (Å²) in [6.45, 7) is 0.919. The number of nitrogens with one attached hydrogen (secondary N) is 2. The van der Waals surface area contributed by atoms with Crippen LogP contribution in [0.5, 0.6) is 0 Å². The highest BCUT2D eigenvalue weighted by Gasteiger charge is 2.37. The van der Waals surface area contributed by atoms with Crippen molar-refractivity contribution in [1.29, 1.82) is 0 Å². The first kappa shape index (κ1) is 21.0. The number of anilines is 1. The van der Waals surface area contributed by atoms with Gasteiger partial charge in [0.1, 0.15) is 5.56 Å². The van der Waals surface area contributed by atoms with E-state index in [2.05, 4.69) is 20.6 Å². The second-order valence-electron chi connectivity index (χ2n) is 7.16. The summed E-state index contributed by atoms with van der Waals surface area (Å²) in [7, 11) is -3.27. The Morgan fingerprint density at radius 1 is 1.30 bits per heavy atom. The number of hydrogen-bond donors (Lipinski definition) is 2. The van der Waals surface area contributed by atoms with E-state index in [0.717, 1.165) is 23.8 Å². The number of fused-ring (bicyclic) bond motifs is 1. The summed E-state index contributed by atoms with van der Waals surface area (Å²) in [5.74, 6) is -0.278. The molecule has 2 aliphatic rings. The molecule has 4 rings (SSSR count). The lowest BCUT2D eigenvalue weighted by molar-refractivity contribution is -0.137. The Morgan fingerprint density at radius 2 is 2.00 bits per heavy atom. The summed E-state index contributed by atoms with van der Waals surface area (Å²) in [4.78, 5) is 20.7. The van der Waals surface area contributed by atoms with Crippen LogP contribution in [-0.4, -0.2) is 54.0 Å². The van der Waals surface area contributed by atoms with Gasteiger partial charge in [0.05, 0.1) is 28.9 Å². The zero-order valence-electron chi connectivity index (χ0n) is 15.8. The maximum Gasteiger partial charge on any atom is 0.420 e. The average Bonchev–Trinajstić information content (AvgIpc) is 3.23. The van der Waals surface area contributed by atoms with Crippen molar-refractivity contribution in [1.82, 2.24) is 19.6 Å². The molecular formula is C17H18F3N5O3S2. The fraction of sp³-hybridized carbons (Fsp3) is 0.471. The molecule has 1 amide bonds. The molecule has 2 aliphatic heterocycles. The molecule has 8 nitrogen and oxygen atoms in total. The van der Waals surface area contributed by atoms with Crippen LogP contribution in [0.15, 0.2) is 12.3 Å². The minimum atomic E-state index is -4.65. The maximum absolute atomic E-state index is 13.5. The number of carbonyl (C=O) groups is 1. The summed E-state index contributed by atoms with van der Waals surface area (Å²) >= 11 is 1.09. The highest BCUT2D eigenvalue weighted by molar-refractivity contribution is 7.88. The number of rotatable bonds is 4. The molecule has 1 saturated heterocycles. The molecule has 1 fully saturated rings. The lowest BCUT2D eigenvalue weighted by Gasteiger charge is -2.30. The van der Waals surface area contributed by atoms with Gasteiger partial charge in [0, 0.05) is 30.2 Å². The van der Waals surface area contributed by atoms with E-state index in [1.165, 1.54) is 10.4 Å². The number of carbonyl (C=O) groups excluding carboxylic acids is 1. The summed E-state index contributed by atoms with van der Waals surface area (Å²) < 4.78 is 65.2. The molecule has 0 unspecified atom stereocenters. The van der Waals surface area contributed by atoms with Crippen LogP contribution < -0.4 is 10.6 Å². The van der Waals surface area contributed by atoms with Crippen LogP contribution >= 0.6 is 11.3 Å². The maximum atomic E-state index is 13.5. The number of nitrogens with zero attached hydrogens (tertiary/aromatic N) is 3. The van der Waals surface area contributed by atoms with Crippen LogP contribution in [0.2, 0.25) is 0 Å². The van der Waals surface area contributed by atoms with Crippen molar-refractivity contribution in [3.05, 3.63) is 28.3 Å². The van der Waals surface area contributed by atoms with Gasteiger partial charge >= 0.3 is 6.18 Å². The van der Waals surface area contributed by atoms with Gasteiger partial charge < -0.3 is 10.6 Å². The number of halogens is 3. The summed E-state index contributed by atoms with van der Waals surface area (Å²) in [6, 6.07) is 1.26. The first-order valence-corrected chi connectivity index (χ1v) is 11.8. The van der Waals surface area contributed by atoms with E-state index in [1.54, 1.807) is 0 Å². The van der Waals surface area contributed by atoms with Crippen molar-refractivity contribution in [3.63, 3.8) is 0 Å². The van der Waals surface area contributed by atoms with Crippen LogP contribution in [0.3, 0.4) is 0 Å². The van der Waals surface area contributed by atoms with Crippen LogP contribution in [0.25, 0.3) is 10.6 Å². The zero-order valence-corrected chi connectivity index (χ0v) is 17.4. The van der Waals surface area contributed by atoms with Crippen molar-refractivity contribution in [2.24, 2.45) is 0 Å².